The van der Waals surface area contributed by atoms with E-state index in [-0.39, 0.29) is 18.0 Å². The Kier molecular flexibility index (Phi) is 10.9. The molecule has 25 heavy (non-hydrogen) atoms. The average Bonchev–Trinajstić information content (AvgIpc) is 2.57. The lowest BCUT2D eigenvalue weighted by molar-refractivity contribution is -0.192. The molecule has 1 aromatic rings. The lowest BCUT2D eigenvalue weighted by Crippen LogP contribution is -2.46. The molecule has 2 atom stereocenters. The number of thiol groups is 1. The maximum atomic E-state index is 11.8. The predicted octanol–water partition coefficient (Wildman–Crippen LogP) is 1.17. The fourth-order valence-corrected chi connectivity index (χ4v) is 1.55. The van der Waals surface area contributed by atoms with Crippen molar-refractivity contribution in [3.8, 4) is 0 Å². The van der Waals surface area contributed by atoms with Gasteiger partial charge < -0.3 is 21.5 Å². The summed E-state index contributed by atoms with van der Waals surface area (Å²) in [5.74, 6) is -2.18. The van der Waals surface area contributed by atoms with E-state index in [0.717, 1.165) is 5.56 Å². The van der Waals surface area contributed by atoms with E-state index in [0.29, 0.717) is 18.8 Å². The number of rotatable bonds is 7. The number of alkyl halides is 3. The maximum Gasteiger partial charge on any atom is 0.490 e. The number of carbonyl (C=O) groups is 2. The number of carbonyl (C=O) groups excluding carboxylic acids is 1. The van der Waals surface area contributed by atoms with Crippen molar-refractivity contribution in [1.82, 2.24) is 10.6 Å². The van der Waals surface area contributed by atoms with Gasteiger partial charge in [-0.25, -0.2) is 4.79 Å². The lowest BCUT2D eigenvalue weighted by Gasteiger charge is -2.16. The van der Waals surface area contributed by atoms with Gasteiger partial charge in [0.2, 0.25) is 5.91 Å². The molecule has 0 spiro atoms. The normalized spacial score (nSPS) is 13.2. The van der Waals surface area contributed by atoms with Crippen LogP contribution in [0.1, 0.15) is 12.5 Å². The quantitative estimate of drug-likeness (QED) is 0.456. The number of carboxylic acids is 1. The van der Waals surface area contributed by atoms with Gasteiger partial charge >= 0.3 is 12.1 Å². The molecule has 0 aliphatic heterocycles. The van der Waals surface area contributed by atoms with Crippen LogP contribution in [0.2, 0.25) is 0 Å². The molecule has 0 unspecified atom stereocenters. The van der Waals surface area contributed by atoms with Crippen molar-refractivity contribution in [3.05, 3.63) is 35.9 Å². The minimum absolute atomic E-state index is 0.0229. The van der Waals surface area contributed by atoms with E-state index in [4.69, 9.17) is 15.6 Å². The monoisotopic (exact) mass is 381 g/mol. The number of hydrogen-bond acceptors (Lipinski definition) is 5. The average molecular weight is 381 g/mol. The molecule has 0 saturated heterocycles. The standard InChI is InChI=1S/C13H21N3OS.C2HF3O2/c1-10(15-8-12(14)9-18)13(17)16-7-11-5-3-2-4-6-11;3-2(4,5)1(6)7/h2-6,10,12,15,18H,7-9,14H2,1H3,(H,16,17);(H,6,7)/t10-,12+;/m0./s1. The van der Waals surface area contributed by atoms with Crippen molar-refractivity contribution in [2.24, 2.45) is 5.73 Å². The van der Waals surface area contributed by atoms with Gasteiger partial charge in [-0.1, -0.05) is 30.3 Å². The Balaban J connectivity index is 0.000000697. The first-order valence-corrected chi connectivity index (χ1v) is 7.92. The van der Waals surface area contributed by atoms with Gasteiger partial charge in [-0.15, -0.1) is 0 Å². The summed E-state index contributed by atoms with van der Waals surface area (Å²) in [6, 6.07) is 9.54. The Labute approximate surface area is 149 Å². The van der Waals surface area contributed by atoms with E-state index >= 15 is 0 Å². The SMILES string of the molecule is C[C@H](NC[C@@H](N)CS)C(=O)NCc1ccccc1.O=C(O)C(F)(F)F. The zero-order valence-corrected chi connectivity index (χ0v) is 14.5. The van der Waals surface area contributed by atoms with Crippen LogP contribution in [-0.4, -0.2) is 47.5 Å². The van der Waals surface area contributed by atoms with Crippen molar-refractivity contribution in [2.45, 2.75) is 31.7 Å². The van der Waals surface area contributed by atoms with E-state index in [9.17, 15) is 18.0 Å². The number of halogens is 3. The third kappa shape index (κ3) is 11.4. The fourth-order valence-electron chi connectivity index (χ4n) is 1.42. The zero-order valence-electron chi connectivity index (χ0n) is 13.6. The van der Waals surface area contributed by atoms with Crippen LogP contribution in [0.4, 0.5) is 13.2 Å². The van der Waals surface area contributed by atoms with Crippen molar-refractivity contribution in [2.75, 3.05) is 12.3 Å². The van der Waals surface area contributed by atoms with Crippen LogP contribution < -0.4 is 16.4 Å². The molecule has 0 heterocycles. The fraction of sp³-hybridized carbons (Fsp3) is 0.467. The van der Waals surface area contributed by atoms with Gasteiger partial charge in [-0.05, 0) is 12.5 Å². The highest BCUT2D eigenvalue weighted by Gasteiger charge is 2.38. The number of amides is 1. The Hall–Kier alpha value is -1.78. The van der Waals surface area contributed by atoms with Crippen LogP contribution >= 0.6 is 12.6 Å². The molecule has 0 fully saturated rings. The molecule has 0 saturated carbocycles. The first-order valence-electron chi connectivity index (χ1n) is 7.29. The van der Waals surface area contributed by atoms with Gasteiger partial charge in [0, 0.05) is 24.9 Å². The summed E-state index contributed by atoms with van der Waals surface area (Å²) in [4.78, 5) is 20.7. The van der Waals surface area contributed by atoms with Gasteiger partial charge in [-0.3, -0.25) is 4.79 Å². The molecule has 6 nitrogen and oxygen atoms in total. The second-order valence-corrected chi connectivity index (χ2v) is 5.44. The zero-order chi connectivity index (χ0) is 19.5. The van der Waals surface area contributed by atoms with E-state index in [1.165, 1.54) is 0 Å². The smallest absolute Gasteiger partial charge is 0.475 e. The van der Waals surface area contributed by atoms with Crippen LogP contribution in [0, 0.1) is 0 Å². The van der Waals surface area contributed by atoms with Gasteiger partial charge in [-0.2, -0.15) is 25.8 Å². The van der Waals surface area contributed by atoms with E-state index in [2.05, 4.69) is 23.3 Å². The van der Waals surface area contributed by atoms with Crippen molar-refractivity contribution < 1.29 is 27.9 Å². The lowest BCUT2D eigenvalue weighted by atomic mass is 10.2. The number of carboxylic acid groups (broad SMARTS) is 1. The summed E-state index contributed by atoms with van der Waals surface area (Å²) < 4.78 is 31.7. The number of nitrogens with two attached hydrogens (primary N) is 1. The number of aliphatic carboxylic acids is 1. The van der Waals surface area contributed by atoms with Crippen molar-refractivity contribution in [1.29, 1.82) is 0 Å². The van der Waals surface area contributed by atoms with Crippen molar-refractivity contribution >= 4 is 24.5 Å². The van der Waals surface area contributed by atoms with Gasteiger partial charge in [0.25, 0.3) is 0 Å². The molecule has 10 heteroatoms. The van der Waals surface area contributed by atoms with Gasteiger partial charge in [0.05, 0.1) is 6.04 Å². The Bertz CT molecular complexity index is 530. The summed E-state index contributed by atoms with van der Waals surface area (Å²) in [5.41, 5.74) is 6.80. The van der Waals surface area contributed by atoms with Gasteiger partial charge in [0.1, 0.15) is 0 Å². The summed E-state index contributed by atoms with van der Waals surface area (Å²) in [6.07, 6.45) is -5.08. The Morgan fingerprint density at radius 3 is 2.24 bits per heavy atom. The molecular weight excluding hydrogens is 359 g/mol. The molecule has 0 bridgehead atoms. The minimum Gasteiger partial charge on any atom is -0.475 e. The molecule has 0 aromatic heterocycles. The molecule has 0 aliphatic carbocycles. The van der Waals surface area contributed by atoms with E-state index in [1.807, 2.05) is 37.3 Å². The molecule has 142 valence electrons. The highest BCUT2D eigenvalue weighted by molar-refractivity contribution is 7.80. The first kappa shape index (κ1) is 23.2. The van der Waals surface area contributed by atoms with Crippen molar-refractivity contribution in [3.63, 3.8) is 0 Å². The molecule has 0 radical (unpaired) electrons. The Morgan fingerprint density at radius 2 is 1.80 bits per heavy atom. The van der Waals surface area contributed by atoms with Crippen LogP contribution in [0.25, 0.3) is 0 Å². The van der Waals surface area contributed by atoms with E-state index in [1.54, 1.807) is 0 Å². The molecule has 1 aromatic carbocycles. The maximum absolute atomic E-state index is 11.8. The topological polar surface area (TPSA) is 104 Å². The number of nitrogens with one attached hydrogen (secondary N) is 2. The van der Waals surface area contributed by atoms with Crippen LogP contribution in [0.15, 0.2) is 30.3 Å². The highest BCUT2D eigenvalue weighted by atomic mass is 32.1. The van der Waals surface area contributed by atoms with Crippen LogP contribution in [-0.2, 0) is 16.1 Å². The molecule has 5 N–H and O–H groups in total. The second kappa shape index (κ2) is 11.7. The molecule has 1 rings (SSSR count). The predicted molar refractivity (Wildman–Crippen MR) is 91.3 cm³/mol. The van der Waals surface area contributed by atoms with E-state index < -0.39 is 12.1 Å². The summed E-state index contributed by atoms with van der Waals surface area (Å²) in [5, 5.41) is 13.1. The molecular formula is C15H22F3N3O3S. The Morgan fingerprint density at radius 1 is 1.28 bits per heavy atom. The third-order valence-electron chi connectivity index (χ3n) is 2.87. The van der Waals surface area contributed by atoms with Gasteiger partial charge in [0.15, 0.2) is 0 Å². The van der Waals surface area contributed by atoms with Crippen LogP contribution in [0.3, 0.4) is 0 Å². The second-order valence-electron chi connectivity index (χ2n) is 5.08. The molecule has 0 aliphatic rings. The minimum atomic E-state index is -5.08. The third-order valence-corrected chi connectivity index (χ3v) is 3.34. The largest absolute Gasteiger partial charge is 0.490 e. The first-order chi connectivity index (χ1) is 11.6. The molecule has 1 amide bonds. The number of benzene rings is 1. The summed E-state index contributed by atoms with van der Waals surface area (Å²) in [6.45, 7) is 2.96. The summed E-state index contributed by atoms with van der Waals surface area (Å²) >= 11 is 4.09. The highest BCUT2D eigenvalue weighted by Crippen LogP contribution is 2.13. The number of hydrogen-bond donors (Lipinski definition) is 5. The summed E-state index contributed by atoms with van der Waals surface area (Å²) in [7, 11) is 0. The van der Waals surface area contributed by atoms with Crippen LogP contribution in [0.5, 0.6) is 0 Å².